The van der Waals surface area contributed by atoms with Crippen LogP contribution in [0.1, 0.15) is 17.2 Å². The number of likely N-dealkylation sites (N-methyl/N-ethyl adjacent to an activating group) is 1. The van der Waals surface area contributed by atoms with Crippen LogP contribution in [0.3, 0.4) is 0 Å². The Hall–Kier alpha value is -2.15. The van der Waals surface area contributed by atoms with Crippen molar-refractivity contribution < 1.29 is 9.53 Å². The van der Waals surface area contributed by atoms with Gasteiger partial charge in [0.15, 0.2) is 0 Å². The Morgan fingerprint density at radius 3 is 2.59 bits per heavy atom. The first-order chi connectivity index (χ1) is 14.0. The van der Waals surface area contributed by atoms with E-state index in [2.05, 4.69) is 50.2 Å². The van der Waals surface area contributed by atoms with Crippen molar-refractivity contribution in [1.29, 1.82) is 0 Å². The molecule has 2 aromatic rings. The van der Waals surface area contributed by atoms with Gasteiger partial charge in [0.2, 0.25) is 5.91 Å². The molecule has 2 aromatic carbocycles. The third-order valence-electron chi connectivity index (χ3n) is 5.16. The molecule has 0 radical (unpaired) electrons. The highest BCUT2D eigenvalue weighted by Crippen LogP contribution is 2.24. The fraction of sp³-hybridized carbons (Fsp3) is 0.348. The molecule has 0 spiro atoms. The van der Waals surface area contributed by atoms with E-state index in [1.54, 1.807) is 19.3 Å². The first-order valence-electron chi connectivity index (χ1n) is 9.83. The Kier molecular flexibility index (Phi) is 7.86. The lowest BCUT2D eigenvalue weighted by Crippen LogP contribution is -2.47. The molecule has 3 rings (SSSR count). The molecule has 1 heterocycles. The van der Waals surface area contributed by atoms with Crippen LogP contribution in [0.25, 0.3) is 6.08 Å². The average Bonchev–Trinajstić information content (AvgIpc) is 2.74. The van der Waals surface area contributed by atoms with Gasteiger partial charge in [-0.15, -0.1) is 0 Å². The predicted octanol–water partition coefficient (Wildman–Crippen LogP) is 3.58. The van der Waals surface area contributed by atoms with Crippen molar-refractivity contribution in [3.8, 4) is 5.75 Å². The molecule has 5 nitrogen and oxygen atoms in total. The Morgan fingerprint density at radius 2 is 1.90 bits per heavy atom. The van der Waals surface area contributed by atoms with Crippen LogP contribution in [0, 0.1) is 0 Å². The topological polar surface area (TPSA) is 44.8 Å². The van der Waals surface area contributed by atoms with E-state index in [-0.39, 0.29) is 11.9 Å². The van der Waals surface area contributed by atoms with Crippen LogP contribution in [0.5, 0.6) is 5.75 Å². The summed E-state index contributed by atoms with van der Waals surface area (Å²) in [5.41, 5.74) is 1.97. The second kappa shape index (κ2) is 10.6. The summed E-state index contributed by atoms with van der Waals surface area (Å²) in [6, 6.07) is 15.8. The minimum atomic E-state index is -0.116. The molecule has 29 heavy (non-hydrogen) atoms. The van der Waals surface area contributed by atoms with E-state index in [9.17, 15) is 4.79 Å². The summed E-state index contributed by atoms with van der Waals surface area (Å²) < 4.78 is 6.32. The molecular weight excluding hydrogens is 430 g/mol. The Labute approximate surface area is 181 Å². The molecular formula is C23H28BrN3O2. The van der Waals surface area contributed by atoms with Crippen LogP contribution in [0.2, 0.25) is 0 Å². The van der Waals surface area contributed by atoms with Crippen molar-refractivity contribution in [2.45, 2.75) is 6.04 Å². The average molecular weight is 458 g/mol. The highest BCUT2D eigenvalue weighted by molar-refractivity contribution is 9.10. The van der Waals surface area contributed by atoms with Gasteiger partial charge in [0, 0.05) is 48.8 Å². The molecule has 1 atom stereocenters. The summed E-state index contributed by atoms with van der Waals surface area (Å²) in [6.45, 7) is 4.94. The summed E-state index contributed by atoms with van der Waals surface area (Å²) in [4.78, 5) is 17.5. The van der Waals surface area contributed by atoms with Crippen LogP contribution in [0.15, 0.2) is 59.1 Å². The van der Waals surface area contributed by atoms with Crippen LogP contribution < -0.4 is 10.1 Å². The third-order valence-corrected chi connectivity index (χ3v) is 5.65. The normalized spacial score (nSPS) is 16.7. The first-order valence-corrected chi connectivity index (χ1v) is 10.6. The van der Waals surface area contributed by atoms with Gasteiger partial charge in [0.05, 0.1) is 13.2 Å². The summed E-state index contributed by atoms with van der Waals surface area (Å²) in [5, 5.41) is 3.18. The number of halogens is 1. The fourth-order valence-corrected chi connectivity index (χ4v) is 3.81. The standard InChI is InChI=1S/C23H28BrN3O2/c1-26-12-14-27(15-13-26)17-21(18-6-4-3-5-7-18)25-23(28)11-8-19-16-20(24)9-10-22(19)29-2/h3-11,16,21H,12-15,17H2,1-2H3,(H,25,28)/b11-8+. The molecule has 1 saturated heterocycles. The van der Waals surface area contributed by atoms with E-state index < -0.39 is 0 Å². The number of hydrogen-bond acceptors (Lipinski definition) is 4. The molecule has 0 aromatic heterocycles. The lowest BCUT2D eigenvalue weighted by molar-refractivity contribution is -0.117. The van der Waals surface area contributed by atoms with Crippen LogP contribution in [-0.4, -0.2) is 62.6 Å². The van der Waals surface area contributed by atoms with E-state index >= 15 is 0 Å². The Bertz CT molecular complexity index is 833. The van der Waals surface area contributed by atoms with Crippen LogP contribution >= 0.6 is 15.9 Å². The Balaban J connectivity index is 1.70. The van der Waals surface area contributed by atoms with Gasteiger partial charge in [-0.2, -0.15) is 0 Å². The highest BCUT2D eigenvalue weighted by Gasteiger charge is 2.20. The number of carbonyl (C=O) groups is 1. The zero-order chi connectivity index (χ0) is 20.6. The molecule has 1 unspecified atom stereocenters. The van der Waals surface area contributed by atoms with E-state index in [0.717, 1.165) is 54.1 Å². The minimum Gasteiger partial charge on any atom is -0.496 e. The summed E-state index contributed by atoms with van der Waals surface area (Å²) in [6.07, 6.45) is 3.36. The van der Waals surface area contributed by atoms with Gasteiger partial charge in [-0.1, -0.05) is 46.3 Å². The number of nitrogens with one attached hydrogen (secondary N) is 1. The molecule has 1 N–H and O–H groups in total. The molecule has 1 fully saturated rings. The molecule has 1 aliphatic heterocycles. The number of benzene rings is 2. The van der Waals surface area contributed by atoms with Gasteiger partial charge in [-0.05, 0) is 36.9 Å². The second-order valence-electron chi connectivity index (χ2n) is 7.30. The van der Waals surface area contributed by atoms with Crippen molar-refractivity contribution in [3.05, 3.63) is 70.2 Å². The van der Waals surface area contributed by atoms with Gasteiger partial charge in [0.1, 0.15) is 5.75 Å². The van der Waals surface area contributed by atoms with Gasteiger partial charge < -0.3 is 15.0 Å². The molecule has 1 aliphatic rings. The molecule has 6 heteroatoms. The van der Waals surface area contributed by atoms with Crippen molar-refractivity contribution in [3.63, 3.8) is 0 Å². The zero-order valence-electron chi connectivity index (χ0n) is 17.0. The Morgan fingerprint density at radius 1 is 1.17 bits per heavy atom. The van der Waals surface area contributed by atoms with Crippen molar-refractivity contribution >= 4 is 27.9 Å². The van der Waals surface area contributed by atoms with Gasteiger partial charge in [-0.3, -0.25) is 9.69 Å². The van der Waals surface area contributed by atoms with E-state index in [4.69, 9.17) is 4.74 Å². The van der Waals surface area contributed by atoms with Gasteiger partial charge in [0.25, 0.3) is 0 Å². The number of hydrogen-bond donors (Lipinski definition) is 1. The largest absolute Gasteiger partial charge is 0.496 e. The number of rotatable bonds is 7. The fourth-order valence-electron chi connectivity index (χ4n) is 3.43. The molecule has 154 valence electrons. The lowest BCUT2D eigenvalue weighted by atomic mass is 10.1. The van der Waals surface area contributed by atoms with Crippen molar-refractivity contribution in [1.82, 2.24) is 15.1 Å². The maximum atomic E-state index is 12.7. The maximum absolute atomic E-state index is 12.7. The third kappa shape index (κ3) is 6.42. The number of carbonyl (C=O) groups excluding carboxylic acids is 1. The summed E-state index contributed by atoms with van der Waals surface area (Å²) in [5.74, 6) is 0.615. The van der Waals surface area contributed by atoms with Crippen LogP contribution in [-0.2, 0) is 4.79 Å². The number of amides is 1. The lowest BCUT2D eigenvalue weighted by Gasteiger charge is -2.34. The first kappa shape index (κ1) is 21.6. The summed E-state index contributed by atoms with van der Waals surface area (Å²) in [7, 11) is 3.77. The predicted molar refractivity (Wildman–Crippen MR) is 121 cm³/mol. The summed E-state index contributed by atoms with van der Waals surface area (Å²) >= 11 is 3.46. The van der Waals surface area contributed by atoms with E-state index in [1.165, 1.54) is 0 Å². The second-order valence-corrected chi connectivity index (χ2v) is 8.21. The molecule has 0 aliphatic carbocycles. The molecule has 1 amide bonds. The van der Waals surface area contributed by atoms with E-state index in [0.29, 0.717) is 0 Å². The minimum absolute atomic E-state index is 0.0545. The van der Waals surface area contributed by atoms with Crippen LogP contribution in [0.4, 0.5) is 0 Å². The maximum Gasteiger partial charge on any atom is 0.244 e. The smallest absolute Gasteiger partial charge is 0.244 e. The zero-order valence-corrected chi connectivity index (χ0v) is 18.6. The number of piperazine rings is 1. The highest BCUT2D eigenvalue weighted by atomic mass is 79.9. The van der Waals surface area contributed by atoms with E-state index in [1.807, 2.05) is 36.4 Å². The monoisotopic (exact) mass is 457 g/mol. The van der Waals surface area contributed by atoms with Crippen molar-refractivity contribution in [2.24, 2.45) is 0 Å². The quantitative estimate of drug-likeness (QED) is 0.645. The molecule has 0 bridgehead atoms. The number of ether oxygens (including phenoxy) is 1. The number of nitrogens with zero attached hydrogens (tertiary/aromatic N) is 2. The van der Waals surface area contributed by atoms with Gasteiger partial charge in [-0.25, -0.2) is 0 Å². The number of methoxy groups -OCH3 is 1. The SMILES string of the molecule is COc1ccc(Br)cc1/C=C/C(=O)NC(CN1CCN(C)CC1)c1ccccc1. The van der Waals surface area contributed by atoms with Crippen molar-refractivity contribution in [2.75, 3.05) is 46.9 Å². The molecule has 0 saturated carbocycles. The van der Waals surface area contributed by atoms with Gasteiger partial charge >= 0.3 is 0 Å².